The van der Waals surface area contributed by atoms with Crippen molar-refractivity contribution in [3.8, 4) is 0 Å². The summed E-state index contributed by atoms with van der Waals surface area (Å²) in [5, 5.41) is 0. The van der Waals surface area contributed by atoms with Crippen LogP contribution in [0.3, 0.4) is 0 Å². The van der Waals surface area contributed by atoms with Gasteiger partial charge in [0.15, 0.2) is 0 Å². The summed E-state index contributed by atoms with van der Waals surface area (Å²) in [4.78, 5) is 0. The molecule has 0 aromatic rings. The van der Waals surface area contributed by atoms with Crippen molar-refractivity contribution in [3.05, 3.63) is 0 Å². The molecule has 1 rings (SSSR count). The molecular formula is C16H34N2. The Labute approximate surface area is 114 Å². The van der Waals surface area contributed by atoms with E-state index in [4.69, 9.17) is 5.84 Å². The van der Waals surface area contributed by atoms with Crippen LogP contribution in [0.15, 0.2) is 0 Å². The summed E-state index contributed by atoms with van der Waals surface area (Å²) in [5.74, 6) is 8.19. The van der Waals surface area contributed by atoms with E-state index in [1.54, 1.807) is 0 Å². The van der Waals surface area contributed by atoms with E-state index in [-0.39, 0.29) is 0 Å². The largest absolute Gasteiger partial charge is 0.271 e. The molecule has 108 valence electrons. The summed E-state index contributed by atoms with van der Waals surface area (Å²) >= 11 is 0. The van der Waals surface area contributed by atoms with Gasteiger partial charge in [-0.1, -0.05) is 41.0 Å². The minimum atomic E-state index is 0.478. The molecule has 0 aliphatic heterocycles. The van der Waals surface area contributed by atoms with Gasteiger partial charge in [0.25, 0.3) is 0 Å². The van der Waals surface area contributed by atoms with Gasteiger partial charge in [0.2, 0.25) is 0 Å². The van der Waals surface area contributed by atoms with Crippen molar-refractivity contribution in [1.29, 1.82) is 0 Å². The van der Waals surface area contributed by atoms with Gasteiger partial charge < -0.3 is 0 Å². The molecule has 1 aliphatic carbocycles. The monoisotopic (exact) mass is 254 g/mol. The minimum Gasteiger partial charge on any atom is -0.271 e. The van der Waals surface area contributed by atoms with Gasteiger partial charge in [0.1, 0.15) is 0 Å². The topological polar surface area (TPSA) is 38.0 Å². The Kier molecular flexibility index (Phi) is 6.13. The fourth-order valence-corrected chi connectivity index (χ4v) is 3.74. The normalized spacial score (nSPS) is 29.0. The van der Waals surface area contributed by atoms with Crippen LogP contribution in [-0.4, -0.2) is 6.04 Å². The van der Waals surface area contributed by atoms with E-state index >= 15 is 0 Å². The first-order valence-electron chi connectivity index (χ1n) is 7.86. The van der Waals surface area contributed by atoms with Gasteiger partial charge in [-0.2, -0.15) is 0 Å². The molecule has 0 radical (unpaired) electrons. The van der Waals surface area contributed by atoms with Crippen LogP contribution in [0.1, 0.15) is 73.1 Å². The zero-order valence-corrected chi connectivity index (χ0v) is 13.1. The molecule has 0 aromatic heterocycles. The molecule has 1 fully saturated rings. The molecule has 2 unspecified atom stereocenters. The molecule has 3 N–H and O–H groups in total. The maximum absolute atomic E-state index is 5.81. The van der Waals surface area contributed by atoms with Gasteiger partial charge in [0.05, 0.1) is 0 Å². The second kappa shape index (κ2) is 6.91. The minimum absolute atomic E-state index is 0.478. The lowest BCUT2D eigenvalue weighted by Gasteiger charge is -2.40. The number of nitrogens with one attached hydrogen (secondary N) is 1. The summed E-state index contributed by atoms with van der Waals surface area (Å²) < 4.78 is 0. The zero-order valence-electron chi connectivity index (χ0n) is 13.1. The molecule has 0 amide bonds. The van der Waals surface area contributed by atoms with Gasteiger partial charge in [0, 0.05) is 6.04 Å². The van der Waals surface area contributed by atoms with Crippen LogP contribution < -0.4 is 11.3 Å². The van der Waals surface area contributed by atoms with E-state index in [2.05, 4.69) is 40.0 Å². The van der Waals surface area contributed by atoms with Crippen LogP contribution in [0.4, 0.5) is 0 Å². The predicted molar refractivity (Wildman–Crippen MR) is 80.1 cm³/mol. The number of hydrazine groups is 1. The van der Waals surface area contributed by atoms with Crippen LogP contribution in [0.25, 0.3) is 0 Å². The van der Waals surface area contributed by atoms with Gasteiger partial charge in [-0.05, 0) is 55.3 Å². The van der Waals surface area contributed by atoms with Crippen LogP contribution in [0, 0.1) is 23.2 Å². The summed E-state index contributed by atoms with van der Waals surface area (Å²) in [5.41, 5.74) is 3.59. The zero-order chi connectivity index (χ0) is 13.8. The van der Waals surface area contributed by atoms with E-state index in [1.807, 2.05) is 0 Å². The summed E-state index contributed by atoms with van der Waals surface area (Å²) in [6.45, 7) is 11.8. The first-order chi connectivity index (χ1) is 8.40. The van der Waals surface area contributed by atoms with Crippen LogP contribution in [0.5, 0.6) is 0 Å². The fraction of sp³-hybridized carbons (Fsp3) is 1.00. The predicted octanol–water partition coefficient (Wildman–Crippen LogP) is 4.11. The van der Waals surface area contributed by atoms with Crippen molar-refractivity contribution in [2.45, 2.75) is 79.2 Å². The third-order valence-corrected chi connectivity index (χ3v) is 5.05. The molecule has 1 saturated carbocycles. The molecule has 0 saturated heterocycles. The average Bonchev–Trinajstić information content (AvgIpc) is 2.30. The molecular weight excluding hydrogens is 220 g/mol. The van der Waals surface area contributed by atoms with Crippen molar-refractivity contribution in [1.82, 2.24) is 5.43 Å². The highest BCUT2D eigenvalue weighted by Gasteiger charge is 2.33. The lowest BCUT2D eigenvalue weighted by molar-refractivity contribution is 0.117. The first-order valence-corrected chi connectivity index (χ1v) is 7.86. The smallest absolute Gasteiger partial charge is 0.0264 e. The number of hydrogen-bond acceptors (Lipinski definition) is 2. The Balaban J connectivity index is 2.50. The Morgan fingerprint density at radius 2 is 1.72 bits per heavy atom. The van der Waals surface area contributed by atoms with E-state index in [0.29, 0.717) is 17.4 Å². The van der Waals surface area contributed by atoms with Gasteiger partial charge in [-0.15, -0.1) is 0 Å². The highest BCUT2D eigenvalue weighted by molar-refractivity contribution is 4.87. The summed E-state index contributed by atoms with van der Waals surface area (Å²) in [6.07, 6.45) is 8.01. The van der Waals surface area contributed by atoms with Crippen LogP contribution >= 0.6 is 0 Å². The second-order valence-electron chi connectivity index (χ2n) is 7.44. The maximum Gasteiger partial charge on any atom is 0.0264 e. The number of rotatable bonds is 5. The molecule has 2 atom stereocenters. The SMILES string of the molecule is CCCC(C)C(NN)C1CCC(C(C)(C)C)CC1. The van der Waals surface area contributed by atoms with Gasteiger partial charge in [-0.25, -0.2) is 0 Å². The highest BCUT2D eigenvalue weighted by atomic mass is 15.2. The second-order valence-corrected chi connectivity index (χ2v) is 7.44. The third-order valence-electron chi connectivity index (χ3n) is 5.05. The quantitative estimate of drug-likeness (QED) is 0.572. The van der Waals surface area contributed by atoms with E-state index < -0.39 is 0 Å². The molecule has 0 bridgehead atoms. The lowest BCUT2D eigenvalue weighted by atomic mass is 9.67. The number of hydrogen-bond donors (Lipinski definition) is 2. The van der Waals surface area contributed by atoms with E-state index in [0.717, 1.165) is 11.8 Å². The molecule has 2 heteroatoms. The summed E-state index contributed by atoms with van der Waals surface area (Å²) in [6, 6.07) is 0.519. The van der Waals surface area contributed by atoms with Crippen molar-refractivity contribution >= 4 is 0 Å². The van der Waals surface area contributed by atoms with Crippen LogP contribution in [0.2, 0.25) is 0 Å². The molecule has 0 heterocycles. The van der Waals surface area contributed by atoms with Crippen molar-refractivity contribution in [2.24, 2.45) is 29.0 Å². The first kappa shape index (κ1) is 16.0. The lowest BCUT2D eigenvalue weighted by Crippen LogP contribution is -2.46. The Bertz CT molecular complexity index is 224. The molecule has 18 heavy (non-hydrogen) atoms. The third kappa shape index (κ3) is 4.24. The Morgan fingerprint density at radius 3 is 2.11 bits per heavy atom. The Morgan fingerprint density at radius 1 is 1.17 bits per heavy atom. The van der Waals surface area contributed by atoms with Crippen molar-refractivity contribution in [3.63, 3.8) is 0 Å². The van der Waals surface area contributed by atoms with Gasteiger partial charge >= 0.3 is 0 Å². The summed E-state index contributed by atoms with van der Waals surface area (Å²) in [7, 11) is 0. The van der Waals surface area contributed by atoms with E-state index in [1.165, 1.54) is 38.5 Å². The van der Waals surface area contributed by atoms with Gasteiger partial charge in [-0.3, -0.25) is 11.3 Å². The standard InChI is InChI=1S/C16H34N2/c1-6-7-12(2)15(18-17)13-8-10-14(11-9-13)16(3,4)5/h12-15,18H,6-11,17H2,1-5H3. The average molecular weight is 254 g/mol. The van der Waals surface area contributed by atoms with Crippen LogP contribution in [-0.2, 0) is 0 Å². The Hall–Kier alpha value is -0.0800. The molecule has 1 aliphatic rings. The molecule has 2 nitrogen and oxygen atoms in total. The van der Waals surface area contributed by atoms with Crippen molar-refractivity contribution in [2.75, 3.05) is 0 Å². The number of nitrogens with two attached hydrogens (primary N) is 1. The maximum atomic E-state index is 5.81. The molecule has 0 aromatic carbocycles. The fourth-order valence-electron chi connectivity index (χ4n) is 3.74. The molecule has 0 spiro atoms. The van der Waals surface area contributed by atoms with E-state index in [9.17, 15) is 0 Å². The highest BCUT2D eigenvalue weighted by Crippen LogP contribution is 2.41. The van der Waals surface area contributed by atoms with Crippen molar-refractivity contribution < 1.29 is 0 Å².